The maximum Gasteiger partial charge on any atom is 0.234 e. The summed E-state index contributed by atoms with van der Waals surface area (Å²) in [6.45, 7) is 0.948. The van der Waals surface area contributed by atoms with Gasteiger partial charge in [0, 0.05) is 12.3 Å². The van der Waals surface area contributed by atoms with Crippen molar-refractivity contribution in [3.05, 3.63) is 35.9 Å². The van der Waals surface area contributed by atoms with Crippen LogP contribution in [0.25, 0.3) is 0 Å². The minimum Gasteiger partial charge on any atom is -0.349 e. The Morgan fingerprint density at radius 2 is 1.71 bits per heavy atom. The van der Waals surface area contributed by atoms with Crippen molar-refractivity contribution in [1.82, 2.24) is 10.6 Å². The molecule has 0 aromatic heterocycles. The van der Waals surface area contributed by atoms with Gasteiger partial charge in [0.15, 0.2) is 5.78 Å². The molecule has 1 aromatic rings. The lowest BCUT2D eigenvalue weighted by atomic mass is 9.93. The van der Waals surface area contributed by atoms with Crippen LogP contribution in [0.4, 0.5) is 0 Å². The Hall–Kier alpha value is -2.54. The molecule has 130 valence electrons. The summed E-state index contributed by atoms with van der Waals surface area (Å²) in [5, 5.41) is 4.93. The van der Waals surface area contributed by atoms with Crippen LogP contribution in [0.15, 0.2) is 30.3 Å². The first-order valence-electron chi connectivity index (χ1n) is 7.72. The molecule has 0 radical (unpaired) electrons. The van der Waals surface area contributed by atoms with Gasteiger partial charge in [-0.3, -0.25) is 19.2 Å². The van der Waals surface area contributed by atoms with Crippen molar-refractivity contribution < 1.29 is 19.2 Å². The normalized spacial score (nSPS) is 11.4. The molecule has 24 heavy (non-hydrogen) atoms. The topological polar surface area (TPSA) is 118 Å². The van der Waals surface area contributed by atoms with Crippen LogP contribution < -0.4 is 16.4 Å². The molecule has 4 N–H and O–H groups in total. The predicted molar refractivity (Wildman–Crippen MR) is 89.0 cm³/mol. The van der Waals surface area contributed by atoms with Crippen molar-refractivity contribution in [2.45, 2.75) is 19.8 Å². The molecule has 1 rings (SSSR count). The van der Waals surface area contributed by atoms with Crippen LogP contribution in [0.2, 0.25) is 0 Å². The number of hydrogen-bond acceptors (Lipinski definition) is 5. The zero-order valence-corrected chi connectivity index (χ0v) is 13.7. The second-order valence-electron chi connectivity index (χ2n) is 5.53. The van der Waals surface area contributed by atoms with E-state index in [0.29, 0.717) is 6.42 Å². The van der Waals surface area contributed by atoms with Gasteiger partial charge in [0.2, 0.25) is 11.8 Å². The maximum atomic E-state index is 12.3. The highest BCUT2D eigenvalue weighted by molar-refractivity contribution is 5.91. The third-order valence-corrected chi connectivity index (χ3v) is 3.35. The Morgan fingerprint density at radius 3 is 2.29 bits per heavy atom. The van der Waals surface area contributed by atoms with E-state index in [4.69, 9.17) is 5.73 Å². The molecule has 7 nitrogen and oxygen atoms in total. The molecule has 0 saturated carbocycles. The second kappa shape index (κ2) is 10.3. The number of amides is 2. The Morgan fingerprint density at radius 1 is 1.04 bits per heavy atom. The molecule has 1 aromatic carbocycles. The standard InChI is InChI=1S/C17H23N3O4/c1-12(21)10-20-17(24)14(7-13-5-3-2-4-6-13)8-15(22)11-19-16(23)9-18/h2-6,14H,7-11,18H2,1H3,(H,19,23)(H,20,24)/t14-/m1/s1. The molecule has 0 spiro atoms. The molecular weight excluding hydrogens is 310 g/mol. The SMILES string of the molecule is CC(=O)CNC(=O)[C@@H](CC(=O)CNC(=O)CN)Cc1ccccc1. The Balaban J connectivity index is 2.69. The monoisotopic (exact) mass is 333 g/mol. The van der Waals surface area contributed by atoms with Crippen LogP contribution in [0, 0.1) is 5.92 Å². The number of nitrogens with one attached hydrogen (secondary N) is 2. The number of carbonyl (C=O) groups excluding carboxylic acids is 4. The summed E-state index contributed by atoms with van der Waals surface area (Å²) in [5.74, 6) is -1.82. The van der Waals surface area contributed by atoms with Crippen molar-refractivity contribution in [3.8, 4) is 0 Å². The van der Waals surface area contributed by atoms with Gasteiger partial charge in [-0.15, -0.1) is 0 Å². The average molecular weight is 333 g/mol. The lowest BCUT2D eigenvalue weighted by molar-refractivity contribution is -0.130. The molecule has 7 heteroatoms. The summed E-state index contributed by atoms with van der Waals surface area (Å²) in [6.07, 6.45) is 0.352. The molecule has 0 unspecified atom stereocenters. The molecule has 0 aliphatic carbocycles. The first-order chi connectivity index (χ1) is 11.4. The van der Waals surface area contributed by atoms with Crippen molar-refractivity contribution in [3.63, 3.8) is 0 Å². The van der Waals surface area contributed by atoms with E-state index in [2.05, 4.69) is 10.6 Å². The van der Waals surface area contributed by atoms with E-state index in [1.165, 1.54) is 6.92 Å². The number of nitrogens with two attached hydrogens (primary N) is 1. The third kappa shape index (κ3) is 7.64. The lowest BCUT2D eigenvalue weighted by Gasteiger charge is -2.16. The van der Waals surface area contributed by atoms with E-state index >= 15 is 0 Å². The number of carbonyl (C=O) groups is 4. The highest BCUT2D eigenvalue weighted by Crippen LogP contribution is 2.13. The number of ketones is 2. The van der Waals surface area contributed by atoms with Crippen molar-refractivity contribution in [2.75, 3.05) is 19.6 Å². The number of rotatable bonds is 10. The fourth-order valence-corrected chi connectivity index (χ4v) is 2.13. The first kappa shape index (κ1) is 19.5. The fourth-order valence-electron chi connectivity index (χ4n) is 2.13. The van der Waals surface area contributed by atoms with Crippen LogP contribution in [-0.2, 0) is 25.6 Å². The zero-order valence-electron chi connectivity index (χ0n) is 13.7. The van der Waals surface area contributed by atoms with Crippen molar-refractivity contribution >= 4 is 23.4 Å². The van der Waals surface area contributed by atoms with Crippen LogP contribution in [0.5, 0.6) is 0 Å². The summed E-state index contributed by atoms with van der Waals surface area (Å²) in [5.41, 5.74) is 6.07. The summed E-state index contributed by atoms with van der Waals surface area (Å²) < 4.78 is 0. The highest BCUT2D eigenvalue weighted by atomic mass is 16.2. The zero-order chi connectivity index (χ0) is 17.9. The molecule has 2 amide bonds. The van der Waals surface area contributed by atoms with E-state index in [-0.39, 0.29) is 43.5 Å². The minimum absolute atomic E-state index is 0.0243. The van der Waals surface area contributed by atoms with Crippen molar-refractivity contribution in [1.29, 1.82) is 0 Å². The van der Waals surface area contributed by atoms with E-state index in [1.807, 2.05) is 30.3 Å². The molecule has 0 saturated heterocycles. The fraction of sp³-hybridized carbons (Fsp3) is 0.412. The van der Waals surface area contributed by atoms with E-state index < -0.39 is 11.8 Å². The molecule has 0 fully saturated rings. The number of Topliss-reactive ketones (excluding diaryl/α,β-unsaturated/α-hetero) is 2. The van der Waals surface area contributed by atoms with E-state index in [0.717, 1.165) is 5.56 Å². The third-order valence-electron chi connectivity index (χ3n) is 3.35. The van der Waals surface area contributed by atoms with Crippen LogP contribution >= 0.6 is 0 Å². The molecule has 0 bridgehead atoms. The summed E-state index contributed by atoms with van der Waals surface area (Å²) >= 11 is 0. The Labute approximate surface area is 141 Å². The Bertz CT molecular complexity index is 587. The van der Waals surface area contributed by atoms with Crippen LogP contribution in [0.1, 0.15) is 18.9 Å². The summed E-state index contributed by atoms with van der Waals surface area (Å²) in [4.78, 5) is 46.4. The molecule has 0 heterocycles. The van der Waals surface area contributed by atoms with Gasteiger partial charge in [-0.1, -0.05) is 30.3 Å². The number of hydrogen-bond donors (Lipinski definition) is 3. The first-order valence-corrected chi connectivity index (χ1v) is 7.72. The van der Waals surface area contributed by atoms with Gasteiger partial charge in [0.05, 0.1) is 19.6 Å². The lowest BCUT2D eigenvalue weighted by Crippen LogP contribution is -2.38. The van der Waals surface area contributed by atoms with Gasteiger partial charge >= 0.3 is 0 Å². The van der Waals surface area contributed by atoms with E-state index in [1.54, 1.807) is 0 Å². The van der Waals surface area contributed by atoms with Gasteiger partial charge in [-0.2, -0.15) is 0 Å². The molecular formula is C17H23N3O4. The van der Waals surface area contributed by atoms with Crippen LogP contribution in [0.3, 0.4) is 0 Å². The Kier molecular flexibility index (Phi) is 8.35. The molecule has 0 aliphatic heterocycles. The van der Waals surface area contributed by atoms with Gasteiger partial charge < -0.3 is 16.4 Å². The van der Waals surface area contributed by atoms with Gasteiger partial charge in [-0.25, -0.2) is 0 Å². The molecule has 1 atom stereocenters. The van der Waals surface area contributed by atoms with Gasteiger partial charge in [0.25, 0.3) is 0 Å². The predicted octanol–water partition coefficient (Wildman–Crippen LogP) is -0.415. The highest BCUT2D eigenvalue weighted by Gasteiger charge is 2.22. The number of benzene rings is 1. The largest absolute Gasteiger partial charge is 0.349 e. The smallest absolute Gasteiger partial charge is 0.234 e. The van der Waals surface area contributed by atoms with E-state index in [9.17, 15) is 19.2 Å². The summed E-state index contributed by atoms with van der Waals surface area (Å²) in [7, 11) is 0. The van der Waals surface area contributed by atoms with Gasteiger partial charge in [-0.05, 0) is 18.9 Å². The average Bonchev–Trinajstić information content (AvgIpc) is 2.57. The van der Waals surface area contributed by atoms with Crippen molar-refractivity contribution in [2.24, 2.45) is 11.7 Å². The maximum absolute atomic E-state index is 12.3. The van der Waals surface area contributed by atoms with Crippen LogP contribution in [-0.4, -0.2) is 43.0 Å². The molecule has 0 aliphatic rings. The quantitative estimate of drug-likeness (QED) is 0.538. The minimum atomic E-state index is -0.603. The van der Waals surface area contributed by atoms with Gasteiger partial charge in [0.1, 0.15) is 5.78 Å². The summed E-state index contributed by atoms with van der Waals surface area (Å²) in [6, 6.07) is 9.30. The second-order valence-corrected chi connectivity index (χ2v) is 5.53.